The van der Waals surface area contributed by atoms with E-state index in [2.05, 4.69) is 48.0 Å². The molecule has 4 heteroatoms. The molecule has 0 aliphatic heterocycles. The van der Waals surface area contributed by atoms with Gasteiger partial charge in [0.25, 0.3) is 0 Å². The van der Waals surface area contributed by atoms with Gasteiger partial charge < -0.3 is 5.73 Å². The number of carbonyl (C=O) groups is 1. The highest BCUT2D eigenvalue weighted by molar-refractivity contribution is 7.10. The quantitative estimate of drug-likeness (QED) is 0.781. The summed E-state index contributed by atoms with van der Waals surface area (Å²) in [4.78, 5) is 12.6. The first-order chi connectivity index (χ1) is 10.6. The number of nitrogens with one attached hydrogen (secondary N) is 1. The van der Waals surface area contributed by atoms with E-state index in [0.717, 1.165) is 12.0 Å². The highest BCUT2D eigenvalue weighted by atomic mass is 32.1. The van der Waals surface area contributed by atoms with Crippen LogP contribution in [0.1, 0.15) is 48.7 Å². The summed E-state index contributed by atoms with van der Waals surface area (Å²) < 4.78 is 0. The van der Waals surface area contributed by atoms with Crippen LogP contribution in [0.2, 0.25) is 0 Å². The Morgan fingerprint density at radius 2 is 2.00 bits per heavy atom. The molecule has 0 spiro atoms. The van der Waals surface area contributed by atoms with Gasteiger partial charge in [-0.2, -0.15) is 0 Å². The number of amides is 1. The number of carbonyl (C=O) groups excluding carboxylic acids is 1. The van der Waals surface area contributed by atoms with Gasteiger partial charge in [0.05, 0.1) is 12.1 Å². The molecule has 0 saturated heterocycles. The molecule has 3 N–H and O–H groups in total. The normalized spacial score (nSPS) is 13.7. The zero-order valence-electron chi connectivity index (χ0n) is 13.2. The Hall–Kier alpha value is -1.65. The van der Waals surface area contributed by atoms with Gasteiger partial charge in [-0.15, -0.1) is 11.3 Å². The van der Waals surface area contributed by atoms with Crippen molar-refractivity contribution >= 4 is 17.2 Å². The van der Waals surface area contributed by atoms with Crippen LogP contribution in [0, 0.1) is 0 Å². The highest BCUT2D eigenvalue weighted by Crippen LogP contribution is 2.27. The largest absolute Gasteiger partial charge is 0.368 e. The predicted octanol–water partition coefficient (Wildman–Crippen LogP) is 3.64. The zero-order chi connectivity index (χ0) is 15.9. The van der Waals surface area contributed by atoms with Crippen molar-refractivity contribution in [2.24, 2.45) is 5.73 Å². The third-order valence-corrected chi connectivity index (χ3v) is 4.74. The molecule has 1 amide bonds. The Morgan fingerprint density at radius 1 is 1.27 bits per heavy atom. The molecule has 1 aromatic heterocycles. The van der Waals surface area contributed by atoms with E-state index in [4.69, 9.17) is 5.73 Å². The molecule has 0 bridgehead atoms. The number of hydrogen-bond acceptors (Lipinski definition) is 3. The van der Waals surface area contributed by atoms with Crippen LogP contribution in [-0.2, 0) is 11.2 Å². The smallest absolute Gasteiger partial charge is 0.234 e. The Balaban J connectivity index is 2.19. The predicted molar refractivity (Wildman–Crippen MR) is 93.0 cm³/mol. The van der Waals surface area contributed by atoms with E-state index in [0.29, 0.717) is 0 Å². The SMILES string of the molecule is CCCCc1ccc([C@@H](N[C@H](C)C(N)=O)c2cccs2)cc1. The van der Waals surface area contributed by atoms with Crippen LogP contribution in [0.25, 0.3) is 0 Å². The second-order valence-electron chi connectivity index (χ2n) is 5.58. The van der Waals surface area contributed by atoms with Gasteiger partial charge in [0, 0.05) is 4.88 Å². The molecule has 2 aromatic rings. The lowest BCUT2D eigenvalue weighted by molar-refractivity contribution is -0.119. The number of benzene rings is 1. The fourth-order valence-corrected chi connectivity index (χ4v) is 3.20. The average Bonchev–Trinajstić information content (AvgIpc) is 3.05. The molecular weight excluding hydrogens is 292 g/mol. The molecule has 3 nitrogen and oxygen atoms in total. The standard InChI is InChI=1S/C18H24N2OS/c1-3-4-6-14-8-10-15(11-9-14)17(16-7-5-12-22-16)20-13(2)18(19)21/h5,7-13,17,20H,3-4,6H2,1-2H3,(H2,19,21)/t13-,17-/m1/s1. The molecule has 0 aliphatic rings. The summed E-state index contributed by atoms with van der Waals surface area (Å²) in [5.41, 5.74) is 7.92. The average molecular weight is 316 g/mol. The van der Waals surface area contributed by atoms with Gasteiger partial charge in [-0.25, -0.2) is 0 Å². The van der Waals surface area contributed by atoms with E-state index in [1.165, 1.54) is 23.3 Å². The molecule has 0 unspecified atom stereocenters. The lowest BCUT2D eigenvalue weighted by Gasteiger charge is -2.21. The first kappa shape index (κ1) is 16.7. The van der Waals surface area contributed by atoms with Crippen LogP contribution >= 0.6 is 11.3 Å². The van der Waals surface area contributed by atoms with Crippen LogP contribution in [0.3, 0.4) is 0 Å². The second kappa shape index (κ2) is 8.11. The summed E-state index contributed by atoms with van der Waals surface area (Å²) in [5, 5.41) is 5.38. The van der Waals surface area contributed by atoms with Crippen molar-refractivity contribution < 1.29 is 4.79 Å². The van der Waals surface area contributed by atoms with E-state index in [9.17, 15) is 4.79 Å². The number of primary amides is 1. The molecule has 1 heterocycles. The maximum Gasteiger partial charge on any atom is 0.234 e. The van der Waals surface area contributed by atoms with Crippen molar-refractivity contribution in [3.05, 3.63) is 57.8 Å². The van der Waals surface area contributed by atoms with Crippen molar-refractivity contribution in [2.75, 3.05) is 0 Å². The summed E-state index contributed by atoms with van der Waals surface area (Å²) in [6, 6.07) is 12.4. The number of aryl methyl sites for hydroxylation is 1. The lowest BCUT2D eigenvalue weighted by atomic mass is 10.0. The van der Waals surface area contributed by atoms with Crippen molar-refractivity contribution in [1.82, 2.24) is 5.32 Å². The van der Waals surface area contributed by atoms with E-state index < -0.39 is 0 Å². The van der Waals surface area contributed by atoms with Crippen molar-refractivity contribution in [2.45, 2.75) is 45.2 Å². The molecular formula is C18H24N2OS. The highest BCUT2D eigenvalue weighted by Gasteiger charge is 2.19. The van der Waals surface area contributed by atoms with Crippen molar-refractivity contribution in [3.8, 4) is 0 Å². The maximum absolute atomic E-state index is 11.4. The molecule has 0 fully saturated rings. The fourth-order valence-electron chi connectivity index (χ4n) is 2.39. The van der Waals surface area contributed by atoms with Gasteiger partial charge in [0.15, 0.2) is 0 Å². The van der Waals surface area contributed by atoms with E-state index in [-0.39, 0.29) is 18.0 Å². The summed E-state index contributed by atoms with van der Waals surface area (Å²) in [6.45, 7) is 4.01. The monoisotopic (exact) mass is 316 g/mol. The first-order valence-corrected chi connectivity index (χ1v) is 8.67. The van der Waals surface area contributed by atoms with E-state index in [1.54, 1.807) is 18.3 Å². The number of unbranched alkanes of at least 4 members (excludes halogenated alkanes) is 1. The van der Waals surface area contributed by atoms with E-state index >= 15 is 0 Å². The zero-order valence-corrected chi connectivity index (χ0v) is 14.0. The summed E-state index contributed by atoms with van der Waals surface area (Å²) in [5.74, 6) is -0.332. The van der Waals surface area contributed by atoms with Crippen LogP contribution in [0.15, 0.2) is 41.8 Å². The maximum atomic E-state index is 11.4. The topological polar surface area (TPSA) is 55.1 Å². The van der Waals surface area contributed by atoms with Crippen LogP contribution < -0.4 is 11.1 Å². The number of hydrogen-bond donors (Lipinski definition) is 2. The first-order valence-electron chi connectivity index (χ1n) is 7.79. The third kappa shape index (κ3) is 4.42. The second-order valence-corrected chi connectivity index (χ2v) is 6.56. The summed E-state index contributed by atoms with van der Waals surface area (Å²) in [6.07, 6.45) is 3.54. The van der Waals surface area contributed by atoms with Gasteiger partial charge in [-0.1, -0.05) is 43.7 Å². The molecule has 22 heavy (non-hydrogen) atoms. The number of rotatable bonds is 8. The van der Waals surface area contributed by atoms with Crippen LogP contribution in [0.5, 0.6) is 0 Å². The van der Waals surface area contributed by atoms with Gasteiger partial charge in [0.2, 0.25) is 5.91 Å². The molecule has 2 atom stereocenters. The van der Waals surface area contributed by atoms with Crippen molar-refractivity contribution in [3.63, 3.8) is 0 Å². The van der Waals surface area contributed by atoms with Crippen molar-refractivity contribution in [1.29, 1.82) is 0 Å². The minimum atomic E-state index is -0.369. The molecule has 0 saturated carbocycles. The van der Waals surface area contributed by atoms with Gasteiger partial charge in [0.1, 0.15) is 0 Å². The van der Waals surface area contributed by atoms with Gasteiger partial charge in [-0.3, -0.25) is 10.1 Å². The van der Waals surface area contributed by atoms with Crippen LogP contribution in [0.4, 0.5) is 0 Å². The van der Waals surface area contributed by atoms with Gasteiger partial charge in [-0.05, 0) is 42.3 Å². The van der Waals surface area contributed by atoms with Gasteiger partial charge >= 0.3 is 0 Å². The Kier molecular flexibility index (Phi) is 6.16. The molecule has 2 rings (SSSR count). The van der Waals surface area contributed by atoms with Crippen LogP contribution in [-0.4, -0.2) is 11.9 Å². The summed E-state index contributed by atoms with van der Waals surface area (Å²) >= 11 is 1.68. The third-order valence-electron chi connectivity index (χ3n) is 3.80. The lowest BCUT2D eigenvalue weighted by Crippen LogP contribution is -2.40. The van der Waals surface area contributed by atoms with E-state index in [1.807, 2.05) is 6.07 Å². The molecule has 1 aromatic carbocycles. The number of thiophene rings is 1. The molecule has 118 valence electrons. The molecule has 0 radical (unpaired) electrons. The minimum Gasteiger partial charge on any atom is -0.368 e. The minimum absolute atomic E-state index is 0.00252. The number of nitrogens with two attached hydrogens (primary N) is 1. The fraction of sp³-hybridized carbons (Fsp3) is 0.389. The Morgan fingerprint density at radius 3 is 2.55 bits per heavy atom. The Labute approximate surface area is 136 Å². The summed E-state index contributed by atoms with van der Waals surface area (Å²) in [7, 11) is 0. The molecule has 0 aliphatic carbocycles. The Bertz CT molecular complexity index is 578.